The number of ether oxygens (including phenoxy) is 2. The normalized spacial score (nSPS) is 16.3. The van der Waals surface area contributed by atoms with Gasteiger partial charge in [0.15, 0.2) is 5.76 Å². The van der Waals surface area contributed by atoms with E-state index in [1.165, 1.54) is 4.31 Å². The van der Waals surface area contributed by atoms with E-state index in [0.29, 0.717) is 55.8 Å². The van der Waals surface area contributed by atoms with Crippen LogP contribution in [0.2, 0.25) is 5.02 Å². The molecule has 0 amide bonds. The van der Waals surface area contributed by atoms with Crippen LogP contribution >= 0.6 is 11.6 Å². The van der Waals surface area contributed by atoms with Crippen LogP contribution in [0.15, 0.2) is 57.9 Å². The first-order chi connectivity index (χ1) is 16.8. The summed E-state index contributed by atoms with van der Waals surface area (Å²) in [6.45, 7) is 6.28. The maximum Gasteiger partial charge on any atom is 0.248 e. The van der Waals surface area contributed by atoms with Gasteiger partial charge in [-0.3, -0.25) is 4.90 Å². The Hall–Kier alpha value is -2.43. The van der Waals surface area contributed by atoms with Crippen molar-refractivity contribution in [3.05, 3.63) is 76.1 Å². The van der Waals surface area contributed by atoms with Crippen molar-refractivity contribution in [2.24, 2.45) is 0 Å². The molecule has 0 unspecified atom stereocenters. The minimum atomic E-state index is -3.65. The molecule has 2 heterocycles. The monoisotopic (exact) mass is 519 g/mol. The number of halogens is 1. The number of hydrogen-bond donors (Lipinski definition) is 0. The van der Waals surface area contributed by atoms with Crippen LogP contribution in [0.1, 0.15) is 28.7 Å². The molecule has 1 aromatic heterocycles. The highest BCUT2D eigenvalue weighted by atomic mass is 35.5. The molecule has 2 aromatic carbocycles. The number of aryl methyl sites for hydroxylation is 2. The van der Waals surface area contributed by atoms with E-state index >= 15 is 0 Å². The zero-order chi connectivity index (χ0) is 25.0. The van der Waals surface area contributed by atoms with E-state index < -0.39 is 10.0 Å². The van der Waals surface area contributed by atoms with Gasteiger partial charge in [-0.05, 0) is 49.2 Å². The summed E-state index contributed by atoms with van der Waals surface area (Å²) < 4.78 is 44.5. The zero-order valence-corrected chi connectivity index (χ0v) is 21.7. The van der Waals surface area contributed by atoms with Crippen LogP contribution in [0.3, 0.4) is 0 Å². The molecule has 188 valence electrons. The fraction of sp³-hybridized carbons (Fsp3) is 0.400. The largest absolute Gasteiger partial charge is 0.497 e. The molecule has 0 spiro atoms. The molecule has 1 aliphatic heterocycles. The van der Waals surface area contributed by atoms with Crippen LogP contribution < -0.4 is 4.74 Å². The number of sulfonamides is 1. The first kappa shape index (κ1) is 25.7. The summed E-state index contributed by atoms with van der Waals surface area (Å²) in [5, 5.41) is 4.47. The molecule has 0 N–H and O–H groups in total. The van der Waals surface area contributed by atoms with Gasteiger partial charge in [0, 0.05) is 37.7 Å². The smallest absolute Gasteiger partial charge is 0.248 e. The average Bonchev–Trinajstić information content (AvgIpc) is 3.21. The van der Waals surface area contributed by atoms with E-state index in [4.69, 9.17) is 25.6 Å². The lowest BCUT2D eigenvalue weighted by molar-refractivity contribution is 0.00767. The SMILES string of the molecule is COc1cccc(CO[C@@H](CN2CCN(S(=O)(=O)c3c(C)noc3C)CC2)c2ccc(Cl)cc2)c1. The third-order valence-electron chi connectivity index (χ3n) is 6.15. The molecule has 0 bridgehead atoms. The zero-order valence-electron chi connectivity index (χ0n) is 20.1. The van der Waals surface area contributed by atoms with Gasteiger partial charge in [0.25, 0.3) is 0 Å². The van der Waals surface area contributed by atoms with Crippen LogP contribution in [0.5, 0.6) is 5.75 Å². The van der Waals surface area contributed by atoms with Crippen molar-refractivity contribution in [2.45, 2.75) is 31.5 Å². The van der Waals surface area contributed by atoms with Gasteiger partial charge < -0.3 is 14.0 Å². The molecule has 0 saturated carbocycles. The topological polar surface area (TPSA) is 85.1 Å². The molecular weight excluding hydrogens is 490 g/mol. The molecule has 10 heteroatoms. The van der Waals surface area contributed by atoms with Crippen LogP contribution in [0.25, 0.3) is 0 Å². The summed E-state index contributed by atoms with van der Waals surface area (Å²) in [4.78, 5) is 2.40. The average molecular weight is 520 g/mol. The first-order valence-electron chi connectivity index (χ1n) is 11.4. The second-order valence-corrected chi connectivity index (χ2v) is 10.9. The summed E-state index contributed by atoms with van der Waals surface area (Å²) in [7, 11) is -2.01. The number of nitrogens with zero attached hydrogens (tertiary/aromatic N) is 3. The second kappa shape index (κ2) is 11.1. The summed E-state index contributed by atoms with van der Waals surface area (Å²) in [5.41, 5.74) is 2.42. The Morgan fingerprint density at radius 1 is 1.09 bits per heavy atom. The van der Waals surface area contributed by atoms with E-state index in [0.717, 1.165) is 16.9 Å². The molecule has 0 radical (unpaired) electrons. The summed E-state index contributed by atoms with van der Waals surface area (Å²) in [6.07, 6.45) is -0.204. The maximum atomic E-state index is 13.1. The first-order valence-corrected chi connectivity index (χ1v) is 13.2. The lowest BCUT2D eigenvalue weighted by Crippen LogP contribution is -2.49. The van der Waals surface area contributed by atoms with Gasteiger partial charge >= 0.3 is 0 Å². The van der Waals surface area contributed by atoms with Crippen molar-refractivity contribution in [3.63, 3.8) is 0 Å². The van der Waals surface area contributed by atoms with Gasteiger partial charge in [-0.25, -0.2) is 8.42 Å². The van der Waals surface area contributed by atoms with Gasteiger partial charge in [0.1, 0.15) is 16.3 Å². The molecule has 3 aromatic rings. The quantitative estimate of drug-likeness (QED) is 0.418. The number of piperazine rings is 1. The highest BCUT2D eigenvalue weighted by Crippen LogP contribution is 2.27. The fourth-order valence-corrected chi connectivity index (χ4v) is 6.09. The van der Waals surface area contributed by atoms with Crippen LogP contribution in [0, 0.1) is 13.8 Å². The second-order valence-electron chi connectivity index (χ2n) is 8.56. The number of rotatable bonds is 9. The van der Waals surface area contributed by atoms with Crippen LogP contribution in [-0.4, -0.2) is 62.6 Å². The number of benzene rings is 2. The predicted octanol–water partition coefficient (Wildman–Crippen LogP) is 4.22. The van der Waals surface area contributed by atoms with Gasteiger partial charge in [0.05, 0.1) is 19.8 Å². The summed E-state index contributed by atoms with van der Waals surface area (Å²) in [6, 6.07) is 15.4. The summed E-state index contributed by atoms with van der Waals surface area (Å²) >= 11 is 6.10. The van der Waals surface area contributed by atoms with E-state index in [2.05, 4.69) is 10.1 Å². The highest BCUT2D eigenvalue weighted by molar-refractivity contribution is 7.89. The number of aromatic nitrogens is 1. The number of methoxy groups -OCH3 is 1. The van der Waals surface area contributed by atoms with E-state index in [-0.39, 0.29) is 11.0 Å². The molecule has 35 heavy (non-hydrogen) atoms. The van der Waals surface area contributed by atoms with Crippen molar-refractivity contribution < 1.29 is 22.4 Å². The Balaban J connectivity index is 1.43. The Kier molecular flexibility index (Phi) is 8.13. The molecule has 1 fully saturated rings. The Morgan fingerprint density at radius 3 is 2.43 bits per heavy atom. The van der Waals surface area contributed by atoms with E-state index in [9.17, 15) is 8.42 Å². The Bertz CT molecular complexity index is 1220. The number of hydrogen-bond acceptors (Lipinski definition) is 7. The van der Waals surface area contributed by atoms with Gasteiger partial charge in [-0.2, -0.15) is 4.31 Å². The van der Waals surface area contributed by atoms with Crippen LogP contribution in [-0.2, 0) is 21.4 Å². The van der Waals surface area contributed by atoms with Gasteiger partial charge in [-0.15, -0.1) is 0 Å². The van der Waals surface area contributed by atoms with E-state index in [1.54, 1.807) is 21.0 Å². The van der Waals surface area contributed by atoms with Gasteiger partial charge in [0.2, 0.25) is 10.0 Å². The highest BCUT2D eigenvalue weighted by Gasteiger charge is 2.33. The fourth-order valence-electron chi connectivity index (χ4n) is 4.25. The molecular formula is C25H30ClN3O5S. The van der Waals surface area contributed by atoms with Gasteiger partial charge in [-0.1, -0.05) is 41.0 Å². The minimum Gasteiger partial charge on any atom is -0.497 e. The molecule has 8 nitrogen and oxygen atoms in total. The third-order valence-corrected chi connectivity index (χ3v) is 8.54. The minimum absolute atomic E-state index is 0.173. The molecule has 1 atom stereocenters. The standard InChI is InChI=1S/C25H30ClN3O5S/c1-18-25(19(2)34-27-18)35(30,31)29-13-11-28(12-14-29)16-24(21-7-9-22(26)10-8-21)33-17-20-5-4-6-23(15-20)32-3/h4-10,15,24H,11-14,16-17H2,1-3H3/t24-/m0/s1. The maximum absolute atomic E-state index is 13.1. The van der Waals surface area contributed by atoms with Crippen molar-refractivity contribution in [1.82, 2.24) is 14.4 Å². The Morgan fingerprint density at radius 2 is 1.80 bits per heavy atom. The van der Waals surface area contributed by atoms with Crippen molar-refractivity contribution in [3.8, 4) is 5.75 Å². The van der Waals surface area contributed by atoms with Crippen LogP contribution in [0.4, 0.5) is 0 Å². The lowest BCUT2D eigenvalue weighted by Gasteiger charge is -2.35. The predicted molar refractivity (Wildman–Crippen MR) is 133 cm³/mol. The summed E-state index contributed by atoms with van der Waals surface area (Å²) in [5.74, 6) is 1.10. The van der Waals surface area contributed by atoms with Crippen molar-refractivity contribution in [1.29, 1.82) is 0 Å². The molecule has 4 rings (SSSR count). The molecule has 1 saturated heterocycles. The molecule has 1 aliphatic rings. The lowest BCUT2D eigenvalue weighted by atomic mass is 10.1. The molecule has 0 aliphatic carbocycles. The van der Waals surface area contributed by atoms with Crippen molar-refractivity contribution >= 4 is 21.6 Å². The van der Waals surface area contributed by atoms with E-state index in [1.807, 2.05) is 48.5 Å². The third kappa shape index (κ3) is 6.05. The Labute approximate surface area is 211 Å². The van der Waals surface area contributed by atoms with Crippen molar-refractivity contribution in [2.75, 3.05) is 39.8 Å².